The quantitative estimate of drug-likeness (QED) is 0.868. The third-order valence-corrected chi connectivity index (χ3v) is 4.61. The van der Waals surface area contributed by atoms with Crippen LogP contribution in [-0.4, -0.2) is 16.0 Å². The van der Waals surface area contributed by atoms with Gasteiger partial charge in [-0.2, -0.15) is 11.3 Å². The standard InChI is InChI=1S/C16H21N3S/c1-12(9-13-7-8-20-10-13)19-16-14-5-3-2-4-6-15(14)17-11-18-16/h7-8,10-12H,2-6,9H2,1H3,(H,17,18,19). The topological polar surface area (TPSA) is 37.8 Å². The van der Waals surface area contributed by atoms with Gasteiger partial charge in [-0.15, -0.1) is 0 Å². The van der Waals surface area contributed by atoms with E-state index >= 15 is 0 Å². The summed E-state index contributed by atoms with van der Waals surface area (Å²) >= 11 is 1.76. The van der Waals surface area contributed by atoms with Crippen LogP contribution in [-0.2, 0) is 19.3 Å². The normalized spacial score (nSPS) is 16.2. The smallest absolute Gasteiger partial charge is 0.133 e. The molecule has 2 heterocycles. The van der Waals surface area contributed by atoms with E-state index in [1.807, 2.05) is 0 Å². The molecular weight excluding hydrogens is 266 g/mol. The predicted octanol–water partition coefficient (Wildman–Crippen LogP) is 3.85. The maximum atomic E-state index is 4.48. The van der Waals surface area contributed by atoms with Crippen molar-refractivity contribution < 1.29 is 0 Å². The molecule has 0 spiro atoms. The Morgan fingerprint density at radius 3 is 3.00 bits per heavy atom. The molecule has 106 valence electrons. The van der Waals surface area contributed by atoms with Crippen molar-refractivity contribution in [2.75, 3.05) is 5.32 Å². The van der Waals surface area contributed by atoms with Gasteiger partial charge in [-0.25, -0.2) is 9.97 Å². The molecule has 0 saturated heterocycles. The molecule has 1 N–H and O–H groups in total. The first-order valence-electron chi connectivity index (χ1n) is 7.43. The number of nitrogens with one attached hydrogen (secondary N) is 1. The molecule has 2 aromatic rings. The van der Waals surface area contributed by atoms with Crippen molar-refractivity contribution in [2.24, 2.45) is 0 Å². The first-order chi connectivity index (χ1) is 9.83. The zero-order chi connectivity index (χ0) is 13.8. The van der Waals surface area contributed by atoms with Crippen molar-refractivity contribution in [3.05, 3.63) is 40.0 Å². The van der Waals surface area contributed by atoms with E-state index < -0.39 is 0 Å². The lowest BCUT2D eigenvalue weighted by atomic mass is 10.1. The maximum absolute atomic E-state index is 4.48. The number of nitrogens with zero attached hydrogens (tertiary/aromatic N) is 2. The molecule has 0 amide bonds. The van der Waals surface area contributed by atoms with Crippen LogP contribution < -0.4 is 5.32 Å². The van der Waals surface area contributed by atoms with Crippen LogP contribution in [0.2, 0.25) is 0 Å². The second kappa shape index (κ2) is 6.35. The first-order valence-corrected chi connectivity index (χ1v) is 8.37. The zero-order valence-corrected chi connectivity index (χ0v) is 12.7. The van der Waals surface area contributed by atoms with Gasteiger partial charge in [-0.05, 0) is 61.4 Å². The number of anilines is 1. The van der Waals surface area contributed by atoms with Crippen LogP contribution in [0.4, 0.5) is 5.82 Å². The number of hydrogen-bond donors (Lipinski definition) is 1. The van der Waals surface area contributed by atoms with Gasteiger partial charge in [0, 0.05) is 17.3 Å². The van der Waals surface area contributed by atoms with E-state index in [1.54, 1.807) is 17.7 Å². The molecule has 2 aromatic heterocycles. The highest BCUT2D eigenvalue weighted by Gasteiger charge is 2.15. The minimum atomic E-state index is 0.395. The fourth-order valence-corrected chi connectivity index (χ4v) is 3.55. The van der Waals surface area contributed by atoms with E-state index in [-0.39, 0.29) is 0 Å². The van der Waals surface area contributed by atoms with Crippen LogP contribution in [0.25, 0.3) is 0 Å². The lowest BCUT2D eigenvalue weighted by Gasteiger charge is -2.17. The summed E-state index contributed by atoms with van der Waals surface area (Å²) in [7, 11) is 0. The van der Waals surface area contributed by atoms with E-state index in [9.17, 15) is 0 Å². The molecule has 0 saturated carbocycles. The van der Waals surface area contributed by atoms with Crippen molar-refractivity contribution in [1.29, 1.82) is 0 Å². The molecule has 4 heteroatoms. The number of hydrogen-bond acceptors (Lipinski definition) is 4. The monoisotopic (exact) mass is 287 g/mol. The van der Waals surface area contributed by atoms with Crippen molar-refractivity contribution in [2.45, 2.75) is 51.5 Å². The van der Waals surface area contributed by atoms with Gasteiger partial charge in [0.05, 0.1) is 0 Å². The lowest BCUT2D eigenvalue weighted by Crippen LogP contribution is -2.20. The molecule has 1 aliphatic rings. The van der Waals surface area contributed by atoms with Crippen molar-refractivity contribution in [1.82, 2.24) is 9.97 Å². The van der Waals surface area contributed by atoms with Crippen LogP contribution in [0.15, 0.2) is 23.2 Å². The highest BCUT2D eigenvalue weighted by atomic mass is 32.1. The van der Waals surface area contributed by atoms with Gasteiger partial charge in [-0.1, -0.05) is 6.42 Å². The molecule has 0 aliphatic heterocycles. The van der Waals surface area contributed by atoms with E-state index in [2.05, 4.69) is 39.0 Å². The predicted molar refractivity (Wildman–Crippen MR) is 84.4 cm³/mol. The number of aryl methyl sites for hydroxylation is 1. The summed E-state index contributed by atoms with van der Waals surface area (Å²) in [6.07, 6.45) is 8.79. The molecule has 0 fully saturated rings. The Kier molecular flexibility index (Phi) is 4.31. The molecule has 0 bridgehead atoms. The maximum Gasteiger partial charge on any atom is 0.133 e. The van der Waals surface area contributed by atoms with Crippen LogP contribution >= 0.6 is 11.3 Å². The Labute approximate surface area is 124 Å². The van der Waals surface area contributed by atoms with Crippen molar-refractivity contribution in [3.63, 3.8) is 0 Å². The molecule has 1 atom stereocenters. The second-order valence-electron chi connectivity index (χ2n) is 5.59. The lowest BCUT2D eigenvalue weighted by molar-refractivity contribution is 0.708. The Hall–Kier alpha value is -1.42. The average molecular weight is 287 g/mol. The summed E-state index contributed by atoms with van der Waals surface area (Å²) in [5.41, 5.74) is 4.00. The molecule has 3 rings (SSSR count). The van der Waals surface area contributed by atoms with Gasteiger partial charge in [0.1, 0.15) is 12.1 Å². The molecule has 0 aromatic carbocycles. The largest absolute Gasteiger partial charge is 0.367 e. The SMILES string of the molecule is CC(Cc1ccsc1)Nc1ncnc2c1CCCCC2. The summed E-state index contributed by atoms with van der Waals surface area (Å²) in [5, 5.41) is 7.95. The first kappa shape index (κ1) is 13.6. The summed E-state index contributed by atoms with van der Waals surface area (Å²) in [6.45, 7) is 2.23. The minimum absolute atomic E-state index is 0.395. The summed E-state index contributed by atoms with van der Waals surface area (Å²) in [5.74, 6) is 1.06. The highest BCUT2D eigenvalue weighted by molar-refractivity contribution is 7.07. The van der Waals surface area contributed by atoms with Crippen LogP contribution in [0, 0.1) is 0 Å². The summed E-state index contributed by atoms with van der Waals surface area (Å²) in [6, 6.07) is 2.59. The number of thiophene rings is 1. The molecular formula is C16H21N3S. The number of fused-ring (bicyclic) bond motifs is 1. The summed E-state index contributed by atoms with van der Waals surface area (Å²) < 4.78 is 0. The van der Waals surface area contributed by atoms with Crippen molar-refractivity contribution in [3.8, 4) is 0 Å². The Bertz CT molecular complexity index is 551. The van der Waals surface area contributed by atoms with E-state index in [1.165, 1.54) is 36.1 Å². The van der Waals surface area contributed by atoms with E-state index in [4.69, 9.17) is 0 Å². The number of aromatic nitrogens is 2. The van der Waals surface area contributed by atoms with Gasteiger partial charge in [0.2, 0.25) is 0 Å². The van der Waals surface area contributed by atoms with Crippen molar-refractivity contribution >= 4 is 17.2 Å². The average Bonchev–Trinajstić information content (AvgIpc) is 2.81. The van der Waals surface area contributed by atoms with Gasteiger partial charge in [0.15, 0.2) is 0 Å². The zero-order valence-electron chi connectivity index (χ0n) is 11.9. The fraction of sp³-hybridized carbons (Fsp3) is 0.500. The molecule has 0 radical (unpaired) electrons. The van der Waals surface area contributed by atoms with Gasteiger partial charge < -0.3 is 5.32 Å². The minimum Gasteiger partial charge on any atom is -0.367 e. The second-order valence-corrected chi connectivity index (χ2v) is 6.37. The number of rotatable bonds is 4. The van der Waals surface area contributed by atoms with Gasteiger partial charge >= 0.3 is 0 Å². The van der Waals surface area contributed by atoms with Crippen LogP contribution in [0.1, 0.15) is 43.0 Å². The van der Waals surface area contributed by atoms with Gasteiger partial charge in [0.25, 0.3) is 0 Å². The van der Waals surface area contributed by atoms with Crippen LogP contribution in [0.5, 0.6) is 0 Å². The third-order valence-electron chi connectivity index (χ3n) is 3.88. The molecule has 1 aliphatic carbocycles. The van der Waals surface area contributed by atoms with E-state index in [0.29, 0.717) is 6.04 Å². The highest BCUT2D eigenvalue weighted by Crippen LogP contribution is 2.24. The Morgan fingerprint density at radius 1 is 1.25 bits per heavy atom. The van der Waals surface area contributed by atoms with Gasteiger partial charge in [-0.3, -0.25) is 0 Å². The molecule has 3 nitrogen and oxygen atoms in total. The fourth-order valence-electron chi connectivity index (χ4n) is 2.87. The third kappa shape index (κ3) is 3.18. The molecule has 20 heavy (non-hydrogen) atoms. The Morgan fingerprint density at radius 2 is 2.15 bits per heavy atom. The Balaban J connectivity index is 1.73. The van der Waals surface area contributed by atoms with E-state index in [0.717, 1.165) is 25.1 Å². The molecule has 1 unspecified atom stereocenters. The summed E-state index contributed by atoms with van der Waals surface area (Å²) in [4.78, 5) is 8.96. The van der Waals surface area contributed by atoms with Crippen LogP contribution in [0.3, 0.4) is 0 Å².